The Bertz CT molecular complexity index is 852. The van der Waals surface area contributed by atoms with Crippen LogP contribution in [0.5, 0.6) is 0 Å². The fourth-order valence-corrected chi connectivity index (χ4v) is 3.54. The summed E-state index contributed by atoms with van der Waals surface area (Å²) in [5.74, 6) is 0.790. The van der Waals surface area contributed by atoms with Gasteiger partial charge < -0.3 is 10.6 Å². The molecule has 0 fully saturated rings. The van der Waals surface area contributed by atoms with Crippen molar-refractivity contribution in [3.05, 3.63) is 69.9 Å². The highest BCUT2D eigenvalue weighted by molar-refractivity contribution is 7.11. The van der Waals surface area contributed by atoms with Crippen molar-refractivity contribution < 1.29 is 0 Å². The number of benzene rings is 1. The molecule has 0 aliphatic carbocycles. The van der Waals surface area contributed by atoms with Crippen LogP contribution in [-0.2, 0) is 25.9 Å². The lowest BCUT2D eigenvalue weighted by atomic mass is 10.2. The zero-order valence-electron chi connectivity index (χ0n) is 15.9. The average molecular weight is 383 g/mol. The molecule has 0 atom stereocenters. The number of nitrogens with zero attached hydrogens (tertiary/aromatic N) is 4. The third kappa shape index (κ3) is 5.92. The SMILES string of the molecule is CCc1cnc(CCNC(=NC)NCc2cnn(Cc3ccccc3)c2)s1. The smallest absolute Gasteiger partial charge is 0.191 e. The first-order chi connectivity index (χ1) is 13.3. The Labute approximate surface area is 164 Å². The molecule has 0 aliphatic heterocycles. The van der Waals surface area contributed by atoms with Gasteiger partial charge in [0.1, 0.15) is 0 Å². The van der Waals surface area contributed by atoms with Gasteiger partial charge in [0, 0.05) is 49.4 Å². The van der Waals surface area contributed by atoms with Gasteiger partial charge in [0.15, 0.2) is 5.96 Å². The molecule has 0 amide bonds. The van der Waals surface area contributed by atoms with Gasteiger partial charge in [-0.25, -0.2) is 4.98 Å². The minimum absolute atomic E-state index is 0.686. The zero-order valence-corrected chi connectivity index (χ0v) is 16.7. The van der Waals surface area contributed by atoms with Crippen LogP contribution in [0.3, 0.4) is 0 Å². The summed E-state index contributed by atoms with van der Waals surface area (Å²) in [6.45, 7) is 4.43. The first-order valence-electron chi connectivity index (χ1n) is 9.20. The van der Waals surface area contributed by atoms with Crippen molar-refractivity contribution >= 4 is 17.3 Å². The second-order valence-corrected chi connectivity index (χ2v) is 7.41. The van der Waals surface area contributed by atoms with Gasteiger partial charge in [0.05, 0.1) is 17.7 Å². The number of aliphatic imine (C=N–C) groups is 1. The molecular formula is C20H26N6S. The third-order valence-corrected chi connectivity index (χ3v) is 5.34. The highest BCUT2D eigenvalue weighted by Gasteiger charge is 2.04. The molecule has 6 nitrogen and oxygen atoms in total. The van der Waals surface area contributed by atoms with Crippen LogP contribution in [0.1, 0.15) is 27.9 Å². The summed E-state index contributed by atoms with van der Waals surface area (Å²) in [5, 5.41) is 12.3. The first-order valence-corrected chi connectivity index (χ1v) is 10.0. The van der Waals surface area contributed by atoms with E-state index in [9.17, 15) is 0 Å². The average Bonchev–Trinajstić information content (AvgIpc) is 3.34. The van der Waals surface area contributed by atoms with Crippen LogP contribution >= 0.6 is 11.3 Å². The normalized spacial score (nSPS) is 11.6. The van der Waals surface area contributed by atoms with Gasteiger partial charge in [0.2, 0.25) is 0 Å². The summed E-state index contributed by atoms with van der Waals surface area (Å²) < 4.78 is 1.95. The first kappa shape index (κ1) is 19.1. The fraction of sp³-hybridized carbons (Fsp3) is 0.350. The maximum absolute atomic E-state index is 4.45. The molecule has 0 radical (unpaired) electrons. The van der Waals surface area contributed by atoms with Crippen LogP contribution in [0.25, 0.3) is 0 Å². The Balaban J connectivity index is 1.42. The Kier molecular flexibility index (Phi) is 6.98. The van der Waals surface area contributed by atoms with Gasteiger partial charge in [-0.1, -0.05) is 37.3 Å². The van der Waals surface area contributed by atoms with Crippen molar-refractivity contribution in [2.45, 2.75) is 32.9 Å². The van der Waals surface area contributed by atoms with Crippen molar-refractivity contribution in [1.82, 2.24) is 25.4 Å². The number of hydrogen-bond acceptors (Lipinski definition) is 4. The molecule has 0 unspecified atom stereocenters. The van der Waals surface area contributed by atoms with Crippen molar-refractivity contribution in [1.29, 1.82) is 0 Å². The number of aromatic nitrogens is 3. The van der Waals surface area contributed by atoms with Crippen molar-refractivity contribution in [3.8, 4) is 0 Å². The third-order valence-electron chi connectivity index (χ3n) is 4.14. The lowest BCUT2D eigenvalue weighted by molar-refractivity contribution is 0.685. The van der Waals surface area contributed by atoms with Crippen molar-refractivity contribution in [3.63, 3.8) is 0 Å². The number of guanidine groups is 1. The summed E-state index contributed by atoms with van der Waals surface area (Å²) in [4.78, 5) is 10.1. The second-order valence-electron chi connectivity index (χ2n) is 6.21. The fourth-order valence-electron chi connectivity index (χ4n) is 2.68. The highest BCUT2D eigenvalue weighted by atomic mass is 32.1. The standard InChI is InChI=1S/C20H26N6S/c1-3-18-13-23-19(27-18)9-10-22-20(21-2)24-11-17-12-25-26(15-17)14-16-7-5-4-6-8-16/h4-8,12-13,15H,3,9-11,14H2,1-2H3,(H2,21,22,24). The molecule has 0 saturated carbocycles. The van der Waals surface area contributed by atoms with Gasteiger partial charge in [-0.2, -0.15) is 5.10 Å². The minimum Gasteiger partial charge on any atom is -0.356 e. The number of hydrogen-bond donors (Lipinski definition) is 2. The van der Waals surface area contributed by atoms with E-state index in [0.29, 0.717) is 6.54 Å². The molecule has 0 saturated heterocycles. The Morgan fingerprint density at radius 3 is 2.74 bits per heavy atom. The lowest BCUT2D eigenvalue weighted by Crippen LogP contribution is -2.37. The van der Waals surface area contributed by atoms with Gasteiger partial charge in [-0.3, -0.25) is 9.67 Å². The molecule has 2 heterocycles. The molecule has 1 aromatic carbocycles. The van der Waals surface area contributed by atoms with E-state index in [1.54, 1.807) is 18.4 Å². The van der Waals surface area contributed by atoms with Crippen molar-refractivity contribution in [2.24, 2.45) is 4.99 Å². The molecule has 7 heteroatoms. The number of thiazole rings is 1. The summed E-state index contributed by atoms with van der Waals surface area (Å²) in [6, 6.07) is 10.3. The van der Waals surface area contributed by atoms with E-state index in [0.717, 1.165) is 42.5 Å². The minimum atomic E-state index is 0.686. The Hall–Kier alpha value is -2.67. The Morgan fingerprint density at radius 2 is 2.00 bits per heavy atom. The van der Waals surface area contributed by atoms with Gasteiger partial charge >= 0.3 is 0 Å². The predicted octanol–water partition coefficient (Wildman–Crippen LogP) is 2.86. The molecule has 3 aromatic rings. The molecule has 2 aromatic heterocycles. The van der Waals surface area contributed by atoms with E-state index in [2.05, 4.69) is 51.0 Å². The van der Waals surface area contributed by atoms with Crippen LogP contribution < -0.4 is 10.6 Å². The van der Waals surface area contributed by atoms with Crippen molar-refractivity contribution in [2.75, 3.05) is 13.6 Å². The quantitative estimate of drug-likeness (QED) is 0.464. The number of nitrogens with one attached hydrogen (secondary N) is 2. The highest BCUT2D eigenvalue weighted by Crippen LogP contribution is 2.13. The van der Waals surface area contributed by atoms with Gasteiger partial charge in [-0.05, 0) is 12.0 Å². The second kappa shape index (κ2) is 9.87. The van der Waals surface area contributed by atoms with E-state index in [1.807, 2.05) is 35.3 Å². The van der Waals surface area contributed by atoms with Crippen LogP contribution in [-0.4, -0.2) is 34.3 Å². The molecular weight excluding hydrogens is 356 g/mol. The molecule has 2 N–H and O–H groups in total. The van der Waals surface area contributed by atoms with E-state index >= 15 is 0 Å². The summed E-state index contributed by atoms with van der Waals surface area (Å²) in [5.41, 5.74) is 2.37. The number of aryl methyl sites for hydroxylation is 1. The molecule has 0 aliphatic rings. The monoisotopic (exact) mass is 382 g/mol. The van der Waals surface area contributed by atoms with Crippen LogP contribution in [0.15, 0.2) is 53.9 Å². The van der Waals surface area contributed by atoms with E-state index < -0.39 is 0 Å². The molecule has 0 bridgehead atoms. The van der Waals surface area contributed by atoms with E-state index in [-0.39, 0.29) is 0 Å². The number of rotatable bonds is 8. The summed E-state index contributed by atoms with van der Waals surface area (Å²) in [6.07, 6.45) is 7.88. The molecule has 3 rings (SSSR count). The van der Waals surface area contributed by atoms with Gasteiger partial charge in [-0.15, -0.1) is 11.3 Å². The molecule has 142 valence electrons. The molecule has 27 heavy (non-hydrogen) atoms. The summed E-state index contributed by atoms with van der Waals surface area (Å²) >= 11 is 1.78. The zero-order chi connectivity index (χ0) is 18.9. The maximum Gasteiger partial charge on any atom is 0.191 e. The maximum atomic E-state index is 4.45. The Morgan fingerprint density at radius 1 is 1.15 bits per heavy atom. The largest absolute Gasteiger partial charge is 0.356 e. The van der Waals surface area contributed by atoms with Crippen LogP contribution in [0.4, 0.5) is 0 Å². The van der Waals surface area contributed by atoms with E-state index in [1.165, 1.54) is 10.4 Å². The van der Waals surface area contributed by atoms with E-state index in [4.69, 9.17) is 0 Å². The van der Waals surface area contributed by atoms with Gasteiger partial charge in [0.25, 0.3) is 0 Å². The van der Waals surface area contributed by atoms with Crippen LogP contribution in [0, 0.1) is 0 Å². The predicted molar refractivity (Wildman–Crippen MR) is 111 cm³/mol. The van der Waals surface area contributed by atoms with Crippen LogP contribution in [0.2, 0.25) is 0 Å². The molecule has 0 spiro atoms. The summed E-state index contributed by atoms with van der Waals surface area (Å²) in [7, 11) is 1.78. The lowest BCUT2D eigenvalue weighted by Gasteiger charge is -2.10. The topological polar surface area (TPSA) is 67.1 Å².